The number of benzene rings is 2. The molecule has 9 nitrogen and oxygen atoms in total. The number of aromatic nitrogens is 2. The number of nitrogens with one attached hydrogen (secondary N) is 2. The molecule has 1 unspecified atom stereocenters. The van der Waals surface area contributed by atoms with Crippen molar-refractivity contribution in [2.24, 2.45) is 12.8 Å². The number of carbonyl (C=O) groups is 1. The van der Waals surface area contributed by atoms with Crippen LogP contribution in [0, 0.1) is 12.3 Å². The van der Waals surface area contributed by atoms with Gasteiger partial charge in [-0.3, -0.25) is 15.4 Å². The Kier molecular flexibility index (Phi) is 7.56. The second-order valence-electron chi connectivity index (χ2n) is 8.70. The highest BCUT2D eigenvalue weighted by Gasteiger charge is 2.21. The van der Waals surface area contributed by atoms with Crippen molar-refractivity contribution < 1.29 is 14.3 Å². The molecule has 0 aliphatic heterocycles. The van der Waals surface area contributed by atoms with Crippen molar-refractivity contribution in [3.05, 3.63) is 76.4 Å². The summed E-state index contributed by atoms with van der Waals surface area (Å²) < 4.78 is 14.7. The van der Waals surface area contributed by atoms with Crippen molar-refractivity contribution in [1.29, 1.82) is 5.41 Å². The lowest BCUT2D eigenvalue weighted by atomic mass is 10.1. The van der Waals surface area contributed by atoms with E-state index < -0.39 is 12.2 Å². The monoisotopic (exact) mass is 506 g/mol. The Morgan fingerprint density at radius 3 is 2.67 bits per heavy atom. The van der Waals surface area contributed by atoms with E-state index in [0.29, 0.717) is 28.6 Å². The first kappa shape index (κ1) is 25.2. The number of ether oxygens (including phenoxy) is 2. The minimum atomic E-state index is -0.580. The number of nitrogens with two attached hydrogens (primary N) is 1. The van der Waals surface area contributed by atoms with E-state index in [1.54, 1.807) is 4.68 Å². The molecule has 2 heterocycles. The molecule has 0 fully saturated rings. The number of anilines is 1. The zero-order valence-electron chi connectivity index (χ0n) is 20.7. The minimum absolute atomic E-state index is 0.00173. The number of nitrogen functional groups attached to an aromatic ring is 1. The van der Waals surface area contributed by atoms with Gasteiger partial charge in [0.2, 0.25) is 0 Å². The third kappa shape index (κ3) is 5.67. The normalized spacial score (nSPS) is 12.0. The zero-order valence-corrected chi connectivity index (χ0v) is 21.6. The summed E-state index contributed by atoms with van der Waals surface area (Å²) in [5.41, 5.74) is 8.81. The fraction of sp³-hybridized carbons (Fsp3) is 0.269. The number of aryl methyl sites for hydroxylation is 2. The van der Waals surface area contributed by atoms with Crippen LogP contribution in [-0.2, 0) is 18.3 Å². The number of thiophene rings is 1. The lowest BCUT2D eigenvalue weighted by Gasteiger charge is -2.20. The Hall–Kier alpha value is -3.89. The topological polar surface area (TPSA) is 118 Å². The molecule has 0 saturated carbocycles. The van der Waals surface area contributed by atoms with Crippen LogP contribution in [0.5, 0.6) is 5.75 Å². The van der Waals surface area contributed by atoms with Crippen molar-refractivity contribution in [1.82, 2.24) is 14.7 Å². The summed E-state index contributed by atoms with van der Waals surface area (Å²) in [5, 5.41) is 15.9. The van der Waals surface area contributed by atoms with Crippen LogP contribution in [0.1, 0.15) is 27.9 Å². The molecule has 36 heavy (non-hydrogen) atoms. The Morgan fingerprint density at radius 1 is 1.22 bits per heavy atom. The number of nitrogens with zero attached hydrogens (tertiary/aromatic N) is 3. The molecule has 0 bridgehead atoms. The Bertz CT molecular complexity index is 1380. The molecule has 0 aliphatic rings. The first-order valence-corrected chi connectivity index (χ1v) is 12.2. The average molecular weight is 507 g/mol. The molecule has 1 atom stereocenters. The second-order valence-corrected chi connectivity index (χ2v) is 9.79. The minimum Gasteiger partial charge on any atom is -0.481 e. The van der Waals surface area contributed by atoms with Gasteiger partial charge in [0.1, 0.15) is 18.2 Å². The third-order valence-corrected chi connectivity index (χ3v) is 6.76. The first-order valence-electron chi connectivity index (χ1n) is 11.4. The molecule has 0 aliphatic carbocycles. The molecule has 1 amide bonds. The summed E-state index contributed by atoms with van der Waals surface area (Å²) in [6, 6.07) is 17.2. The van der Waals surface area contributed by atoms with E-state index in [4.69, 9.17) is 20.6 Å². The van der Waals surface area contributed by atoms with Crippen molar-refractivity contribution in [2.75, 3.05) is 26.0 Å². The van der Waals surface area contributed by atoms with Crippen LogP contribution in [0.2, 0.25) is 0 Å². The Labute approximate surface area is 213 Å². The predicted octanol–water partition coefficient (Wildman–Crippen LogP) is 4.66. The number of amides is 1. The van der Waals surface area contributed by atoms with E-state index in [9.17, 15) is 4.79 Å². The summed E-state index contributed by atoms with van der Waals surface area (Å²) >= 11 is 1.43. The van der Waals surface area contributed by atoms with E-state index in [1.807, 2.05) is 87.6 Å². The van der Waals surface area contributed by atoms with E-state index in [1.165, 1.54) is 11.3 Å². The third-order valence-electron chi connectivity index (χ3n) is 5.63. The quantitative estimate of drug-likeness (QED) is 0.224. The highest BCUT2D eigenvalue weighted by molar-refractivity contribution is 7.20. The Morgan fingerprint density at radius 2 is 1.97 bits per heavy atom. The molecule has 0 saturated heterocycles. The van der Waals surface area contributed by atoms with Crippen LogP contribution < -0.4 is 15.8 Å². The Balaban J connectivity index is 1.54. The zero-order chi connectivity index (χ0) is 25.8. The van der Waals surface area contributed by atoms with Crippen molar-refractivity contribution in [3.8, 4) is 5.75 Å². The predicted molar refractivity (Wildman–Crippen MR) is 143 cm³/mol. The van der Waals surface area contributed by atoms with E-state index in [0.717, 1.165) is 21.3 Å². The van der Waals surface area contributed by atoms with Crippen molar-refractivity contribution in [3.63, 3.8) is 0 Å². The van der Waals surface area contributed by atoms with E-state index >= 15 is 0 Å². The summed E-state index contributed by atoms with van der Waals surface area (Å²) in [7, 11) is 5.77. The van der Waals surface area contributed by atoms with Crippen LogP contribution in [-0.4, -0.2) is 47.3 Å². The molecular formula is C26H30N6O3S. The van der Waals surface area contributed by atoms with Gasteiger partial charge >= 0.3 is 6.09 Å². The lowest BCUT2D eigenvalue weighted by molar-refractivity contribution is 0.0909. The van der Waals surface area contributed by atoms with Crippen LogP contribution >= 0.6 is 11.3 Å². The number of rotatable bonds is 9. The number of carbonyl (C=O) groups excluding carboxylic acids is 1. The highest BCUT2D eigenvalue weighted by Crippen LogP contribution is 2.35. The van der Waals surface area contributed by atoms with E-state index in [2.05, 4.69) is 10.4 Å². The van der Waals surface area contributed by atoms with Gasteiger partial charge < -0.3 is 20.1 Å². The average Bonchev–Trinajstić information content (AvgIpc) is 3.39. The van der Waals surface area contributed by atoms with Gasteiger partial charge in [-0.2, -0.15) is 5.10 Å². The molecule has 188 valence electrons. The molecule has 2 aromatic carbocycles. The van der Waals surface area contributed by atoms with Crippen molar-refractivity contribution in [2.45, 2.75) is 19.6 Å². The van der Waals surface area contributed by atoms with Gasteiger partial charge in [0.15, 0.2) is 6.10 Å². The van der Waals surface area contributed by atoms with Crippen molar-refractivity contribution >= 4 is 39.0 Å². The summed E-state index contributed by atoms with van der Waals surface area (Å²) in [5.74, 6) is 0.645. The fourth-order valence-electron chi connectivity index (χ4n) is 3.93. The van der Waals surface area contributed by atoms with Gasteiger partial charge in [-0.25, -0.2) is 4.79 Å². The number of amidine groups is 1. The molecule has 10 heteroatoms. The van der Waals surface area contributed by atoms with Gasteiger partial charge in [-0.15, -0.1) is 11.3 Å². The molecule has 4 aromatic rings. The number of hydrogen-bond donors (Lipinski definition) is 3. The van der Waals surface area contributed by atoms with Crippen LogP contribution in [0.15, 0.2) is 54.6 Å². The molecule has 0 radical (unpaired) electrons. The van der Waals surface area contributed by atoms with Gasteiger partial charge in [0, 0.05) is 23.7 Å². The van der Waals surface area contributed by atoms with Crippen LogP contribution in [0.4, 0.5) is 10.5 Å². The summed E-state index contributed by atoms with van der Waals surface area (Å²) in [6.45, 7) is 2.47. The number of fused-ring (bicyclic) bond motifs is 1. The smallest absolute Gasteiger partial charge is 0.411 e. The maximum atomic E-state index is 12.8. The van der Waals surface area contributed by atoms with Gasteiger partial charge in [0.25, 0.3) is 0 Å². The lowest BCUT2D eigenvalue weighted by Crippen LogP contribution is -2.22. The van der Waals surface area contributed by atoms with Gasteiger partial charge in [-0.1, -0.05) is 36.4 Å². The molecule has 0 spiro atoms. The van der Waals surface area contributed by atoms with Crippen LogP contribution in [0.3, 0.4) is 0 Å². The second kappa shape index (κ2) is 10.8. The van der Waals surface area contributed by atoms with Crippen LogP contribution in [0.25, 0.3) is 10.1 Å². The maximum absolute atomic E-state index is 12.8. The standard InChI is InChI=1S/C26H30N6O3S/c1-16-24(19(14-31(2)3)32(4)30-16)29-26(33)34-15-21(17-9-6-5-7-10-17)35-20-11-8-12-22-18(20)13-23(36-22)25(27)28/h5-13,21H,14-15H2,1-4H3,(H3,27,28)(H,29,33). The maximum Gasteiger partial charge on any atom is 0.411 e. The summed E-state index contributed by atoms with van der Waals surface area (Å²) in [6.07, 6.45) is -1.12. The highest BCUT2D eigenvalue weighted by atomic mass is 32.1. The first-order chi connectivity index (χ1) is 17.2. The molecule has 2 aromatic heterocycles. The molecular weight excluding hydrogens is 476 g/mol. The molecule has 4 rings (SSSR count). The van der Waals surface area contributed by atoms with Gasteiger partial charge in [0.05, 0.1) is 22.0 Å². The number of hydrogen-bond acceptors (Lipinski definition) is 7. The summed E-state index contributed by atoms with van der Waals surface area (Å²) in [4.78, 5) is 15.5. The SMILES string of the molecule is Cc1nn(C)c(CN(C)C)c1NC(=O)OCC(Oc1cccc2sc(C(=N)N)cc12)c1ccccc1. The fourth-order valence-corrected chi connectivity index (χ4v) is 4.87. The van der Waals surface area contributed by atoms with Gasteiger partial charge in [-0.05, 0) is 44.8 Å². The molecule has 4 N–H and O–H groups in total. The van der Waals surface area contributed by atoms with E-state index in [-0.39, 0.29) is 12.4 Å². The largest absolute Gasteiger partial charge is 0.481 e.